The second-order valence-electron chi connectivity index (χ2n) is 3.16. The monoisotopic (exact) mass is 171 g/mol. The Labute approximate surface area is 71.2 Å². The third kappa shape index (κ3) is 1.17. The number of hydrogen-bond acceptors (Lipinski definition) is 2. The Balaban J connectivity index is 2.67. The van der Waals surface area contributed by atoms with E-state index in [4.69, 9.17) is 5.11 Å². The number of hydrogen-bond donors (Lipinski definition) is 1. The first-order chi connectivity index (χ1) is 5.66. The first kappa shape index (κ1) is 9.03. The van der Waals surface area contributed by atoms with Crippen molar-refractivity contribution in [3.8, 4) is 0 Å². The van der Waals surface area contributed by atoms with Crippen LogP contribution in [-0.2, 0) is 4.79 Å². The summed E-state index contributed by atoms with van der Waals surface area (Å²) in [5.41, 5.74) is -0.694. The summed E-state index contributed by atoms with van der Waals surface area (Å²) in [4.78, 5) is 22.5. The molecule has 1 aliphatic rings. The van der Waals surface area contributed by atoms with Gasteiger partial charge in [-0.25, -0.2) is 4.79 Å². The zero-order valence-electron chi connectivity index (χ0n) is 7.12. The van der Waals surface area contributed by atoms with Gasteiger partial charge in [0.25, 0.3) is 0 Å². The molecule has 4 heteroatoms. The van der Waals surface area contributed by atoms with Crippen LogP contribution in [0.2, 0.25) is 0 Å². The maximum atomic E-state index is 10.7. The molecule has 1 saturated heterocycles. The average Bonchev–Trinajstić information content (AvgIpc) is 1.96. The Morgan fingerprint density at radius 1 is 1.75 bits per heavy atom. The minimum Gasteiger partial charge on any atom is -0.465 e. The van der Waals surface area contributed by atoms with Crippen LogP contribution in [0, 0.1) is 0 Å². The number of likely N-dealkylation sites (tertiary alicyclic amines) is 1. The second-order valence-corrected chi connectivity index (χ2v) is 3.16. The standard InChI is InChI=1S/C8H13NO3/c1-2-3-8(6-10)4-5-9(8)7(11)12/h6H,2-5H2,1H3,(H,11,12). The molecule has 1 amide bonds. The minimum absolute atomic E-state index is 0.494. The van der Waals surface area contributed by atoms with Gasteiger partial charge in [0.05, 0.1) is 0 Å². The van der Waals surface area contributed by atoms with Gasteiger partial charge in [0.15, 0.2) is 0 Å². The van der Waals surface area contributed by atoms with Crippen LogP contribution in [0.5, 0.6) is 0 Å². The van der Waals surface area contributed by atoms with Crippen LogP contribution in [0.15, 0.2) is 0 Å². The van der Waals surface area contributed by atoms with Crippen molar-refractivity contribution < 1.29 is 14.7 Å². The van der Waals surface area contributed by atoms with Crippen molar-refractivity contribution >= 4 is 12.4 Å². The second kappa shape index (κ2) is 3.13. The normalized spacial score (nSPS) is 27.9. The fourth-order valence-electron chi connectivity index (χ4n) is 1.67. The highest BCUT2D eigenvalue weighted by molar-refractivity contribution is 5.77. The van der Waals surface area contributed by atoms with E-state index < -0.39 is 11.6 Å². The SMILES string of the molecule is CCCC1(C=O)CCN1C(=O)O. The van der Waals surface area contributed by atoms with E-state index in [0.717, 1.165) is 12.7 Å². The van der Waals surface area contributed by atoms with Crippen LogP contribution in [0.4, 0.5) is 4.79 Å². The molecular weight excluding hydrogens is 158 g/mol. The van der Waals surface area contributed by atoms with Crippen molar-refractivity contribution in [2.45, 2.75) is 31.7 Å². The van der Waals surface area contributed by atoms with Gasteiger partial charge in [0.2, 0.25) is 0 Å². The van der Waals surface area contributed by atoms with Gasteiger partial charge in [0, 0.05) is 6.54 Å². The van der Waals surface area contributed by atoms with E-state index in [9.17, 15) is 9.59 Å². The number of nitrogens with zero attached hydrogens (tertiary/aromatic N) is 1. The Morgan fingerprint density at radius 2 is 2.42 bits per heavy atom. The van der Waals surface area contributed by atoms with E-state index in [2.05, 4.69) is 0 Å². The van der Waals surface area contributed by atoms with Crippen molar-refractivity contribution in [2.75, 3.05) is 6.54 Å². The van der Waals surface area contributed by atoms with Crippen molar-refractivity contribution in [1.82, 2.24) is 4.90 Å². The van der Waals surface area contributed by atoms with Crippen molar-refractivity contribution in [3.63, 3.8) is 0 Å². The highest BCUT2D eigenvalue weighted by Crippen LogP contribution is 2.32. The summed E-state index contributed by atoms with van der Waals surface area (Å²) in [5.74, 6) is 0. The lowest BCUT2D eigenvalue weighted by atomic mass is 9.82. The molecule has 0 saturated carbocycles. The Bertz CT molecular complexity index is 204. The smallest absolute Gasteiger partial charge is 0.408 e. The van der Waals surface area contributed by atoms with E-state index in [1.807, 2.05) is 6.92 Å². The molecule has 0 bridgehead atoms. The zero-order chi connectivity index (χ0) is 9.19. The summed E-state index contributed by atoms with van der Waals surface area (Å²) < 4.78 is 0. The lowest BCUT2D eigenvalue weighted by molar-refractivity contribution is -0.125. The number of rotatable bonds is 3. The Kier molecular flexibility index (Phi) is 2.35. The first-order valence-corrected chi connectivity index (χ1v) is 4.13. The van der Waals surface area contributed by atoms with Crippen molar-refractivity contribution in [1.29, 1.82) is 0 Å². The number of carbonyl (C=O) groups excluding carboxylic acids is 1. The molecule has 12 heavy (non-hydrogen) atoms. The van der Waals surface area contributed by atoms with Crippen molar-refractivity contribution in [3.05, 3.63) is 0 Å². The molecular formula is C8H13NO3. The number of amides is 1. The molecule has 0 radical (unpaired) electrons. The number of aldehydes is 1. The quantitative estimate of drug-likeness (QED) is 0.647. The maximum absolute atomic E-state index is 10.7. The van der Waals surface area contributed by atoms with Gasteiger partial charge in [-0.15, -0.1) is 0 Å². The van der Waals surface area contributed by atoms with Gasteiger partial charge >= 0.3 is 6.09 Å². The molecule has 1 N–H and O–H groups in total. The summed E-state index contributed by atoms with van der Waals surface area (Å²) in [6.07, 6.45) is 1.94. The molecule has 4 nitrogen and oxygen atoms in total. The molecule has 0 aromatic heterocycles. The predicted molar refractivity (Wildman–Crippen MR) is 43.1 cm³/mol. The molecule has 1 unspecified atom stereocenters. The van der Waals surface area contributed by atoms with E-state index >= 15 is 0 Å². The molecule has 1 atom stereocenters. The third-order valence-electron chi connectivity index (χ3n) is 2.44. The van der Waals surface area contributed by atoms with Gasteiger partial charge in [-0.1, -0.05) is 13.3 Å². The first-order valence-electron chi connectivity index (χ1n) is 4.13. The van der Waals surface area contributed by atoms with Crippen LogP contribution in [0.25, 0.3) is 0 Å². The minimum atomic E-state index is -0.984. The van der Waals surface area contributed by atoms with Gasteiger partial charge in [-0.2, -0.15) is 0 Å². The summed E-state index contributed by atoms with van der Waals surface area (Å²) >= 11 is 0. The van der Waals surface area contributed by atoms with Crippen LogP contribution < -0.4 is 0 Å². The van der Waals surface area contributed by atoms with Gasteiger partial charge < -0.3 is 9.90 Å². The van der Waals surface area contributed by atoms with Gasteiger partial charge in [-0.05, 0) is 12.8 Å². The molecule has 1 aliphatic heterocycles. The van der Waals surface area contributed by atoms with E-state index in [-0.39, 0.29) is 0 Å². The number of carbonyl (C=O) groups is 2. The van der Waals surface area contributed by atoms with E-state index in [1.54, 1.807) is 0 Å². The fraction of sp³-hybridized carbons (Fsp3) is 0.750. The highest BCUT2D eigenvalue weighted by atomic mass is 16.4. The molecule has 68 valence electrons. The third-order valence-corrected chi connectivity index (χ3v) is 2.44. The average molecular weight is 171 g/mol. The molecule has 1 rings (SSSR count). The van der Waals surface area contributed by atoms with Crippen molar-refractivity contribution in [2.24, 2.45) is 0 Å². The largest absolute Gasteiger partial charge is 0.465 e. The molecule has 1 fully saturated rings. The van der Waals surface area contributed by atoms with Crippen LogP contribution >= 0.6 is 0 Å². The Morgan fingerprint density at radius 3 is 2.67 bits per heavy atom. The van der Waals surface area contributed by atoms with E-state index in [0.29, 0.717) is 19.4 Å². The molecule has 0 aliphatic carbocycles. The molecule has 0 aromatic rings. The molecule has 1 heterocycles. The predicted octanol–water partition coefficient (Wildman–Crippen LogP) is 1.11. The number of carboxylic acid groups (broad SMARTS) is 1. The lowest BCUT2D eigenvalue weighted by Gasteiger charge is -2.47. The summed E-state index contributed by atoms with van der Waals surface area (Å²) in [5, 5.41) is 8.69. The maximum Gasteiger partial charge on any atom is 0.408 e. The van der Waals surface area contributed by atoms with Gasteiger partial charge in [0.1, 0.15) is 11.8 Å². The highest BCUT2D eigenvalue weighted by Gasteiger charge is 2.46. The van der Waals surface area contributed by atoms with Crippen LogP contribution in [0.1, 0.15) is 26.2 Å². The van der Waals surface area contributed by atoms with Crippen LogP contribution in [0.3, 0.4) is 0 Å². The molecule has 0 aromatic carbocycles. The topological polar surface area (TPSA) is 57.6 Å². The zero-order valence-corrected chi connectivity index (χ0v) is 7.12. The Hall–Kier alpha value is -1.06. The van der Waals surface area contributed by atoms with Gasteiger partial charge in [-0.3, -0.25) is 4.90 Å². The van der Waals surface area contributed by atoms with E-state index in [1.165, 1.54) is 4.90 Å². The summed E-state index contributed by atoms with van der Waals surface area (Å²) in [6.45, 7) is 2.44. The molecule has 0 spiro atoms. The summed E-state index contributed by atoms with van der Waals surface area (Å²) in [6, 6.07) is 0. The van der Waals surface area contributed by atoms with Crippen LogP contribution in [-0.4, -0.2) is 34.5 Å². The summed E-state index contributed by atoms with van der Waals surface area (Å²) in [7, 11) is 0. The lowest BCUT2D eigenvalue weighted by Crippen LogP contribution is -2.62. The fourth-order valence-corrected chi connectivity index (χ4v) is 1.67.